The summed E-state index contributed by atoms with van der Waals surface area (Å²) in [6.07, 6.45) is 7.63. The third kappa shape index (κ3) is 3.47. The number of hydrogen-bond donors (Lipinski definition) is 2. The summed E-state index contributed by atoms with van der Waals surface area (Å²) in [4.78, 5) is 24.4. The number of likely N-dealkylation sites (tertiary alicyclic amines) is 1. The normalized spacial score (nSPS) is 23.5. The molecule has 1 spiro atoms. The zero-order valence-electron chi connectivity index (χ0n) is 11.4. The van der Waals surface area contributed by atoms with Crippen molar-refractivity contribution < 1.29 is 14.7 Å². The number of carbonyl (C=O) groups is 2. The second-order valence-corrected chi connectivity index (χ2v) is 6.07. The molecule has 2 fully saturated rings. The third-order valence-electron chi connectivity index (χ3n) is 4.79. The molecule has 1 aliphatic carbocycles. The number of nitrogens with zero attached hydrogens (tertiary/aromatic N) is 1. The van der Waals surface area contributed by atoms with E-state index in [4.69, 9.17) is 10.8 Å². The Balaban J connectivity index is 1.80. The minimum atomic E-state index is -0.896. The van der Waals surface area contributed by atoms with E-state index in [9.17, 15) is 9.59 Å². The number of hydrogen-bond acceptors (Lipinski definition) is 3. The smallest absolute Gasteiger partial charge is 0.303 e. The Labute approximate surface area is 114 Å². The Morgan fingerprint density at radius 3 is 2.26 bits per heavy atom. The number of amides is 1. The van der Waals surface area contributed by atoms with E-state index in [-0.39, 0.29) is 18.7 Å². The van der Waals surface area contributed by atoms with Crippen molar-refractivity contribution in [3.8, 4) is 0 Å². The van der Waals surface area contributed by atoms with Crippen LogP contribution in [0.15, 0.2) is 0 Å². The molecule has 1 saturated carbocycles. The van der Waals surface area contributed by atoms with E-state index < -0.39 is 12.0 Å². The maximum Gasteiger partial charge on any atom is 0.303 e. The van der Waals surface area contributed by atoms with Gasteiger partial charge in [-0.15, -0.1) is 0 Å². The minimum Gasteiger partial charge on any atom is -0.481 e. The van der Waals surface area contributed by atoms with Crippen LogP contribution in [0.3, 0.4) is 0 Å². The number of carbonyl (C=O) groups excluding carboxylic acids is 1. The van der Waals surface area contributed by atoms with Crippen molar-refractivity contribution in [2.45, 2.75) is 57.4 Å². The van der Waals surface area contributed by atoms with E-state index in [1.807, 2.05) is 4.90 Å². The van der Waals surface area contributed by atoms with Crippen molar-refractivity contribution in [1.29, 1.82) is 0 Å². The molecule has 2 rings (SSSR count). The highest BCUT2D eigenvalue weighted by Crippen LogP contribution is 2.46. The molecule has 1 heterocycles. The second-order valence-electron chi connectivity index (χ2n) is 6.07. The molecule has 0 aromatic rings. The molecule has 1 atom stereocenters. The molecule has 5 nitrogen and oxygen atoms in total. The summed E-state index contributed by atoms with van der Waals surface area (Å²) in [7, 11) is 0. The number of aliphatic carboxylic acids is 1. The van der Waals surface area contributed by atoms with E-state index in [2.05, 4.69) is 0 Å². The number of piperidine rings is 1. The molecule has 0 bridgehead atoms. The first kappa shape index (κ1) is 14.3. The largest absolute Gasteiger partial charge is 0.481 e. The summed E-state index contributed by atoms with van der Waals surface area (Å²) in [6, 6.07) is -0.659. The average Bonchev–Trinajstić information content (AvgIpc) is 2.84. The predicted octanol–water partition coefficient (Wildman–Crippen LogP) is 1.36. The molecule has 3 N–H and O–H groups in total. The summed E-state index contributed by atoms with van der Waals surface area (Å²) in [5.74, 6) is -0.971. The van der Waals surface area contributed by atoms with Crippen LogP contribution in [0, 0.1) is 5.41 Å². The Bertz CT molecular complexity index is 341. The van der Waals surface area contributed by atoms with Gasteiger partial charge in [0.1, 0.15) is 0 Å². The van der Waals surface area contributed by atoms with Gasteiger partial charge in [0, 0.05) is 19.5 Å². The highest BCUT2D eigenvalue weighted by Gasteiger charge is 2.38. The van der Waals surface area contributed by atoms with Crippen molar-refractivity contribution in [1.82, 2.24) is 4.90 Å². The van der Waals surface area contributed by atoms with Crippen molar-refractivity contribution in [2.75, 3.05) is 13.1 Å². The molecule has 1 aliphatic heterocycles. The van der Waals surface area contributed by atoms with Crippen molar-refractivity contribution in [2.24, 2.45) is 11.1 Å². The van der Waals surface area contributed by atoms with Gasteiger partial charge in [0.25, 0.3) is 0 Å². The first-order valence-electron chi connectivity index (χ1n) is 7.29. The van der Waals surface area contributed by atoms with E-state index >= 15 is 0 Å². The van der Waals surface area contributed by atoms with Gasteiger partial charge < -0.3 is 15.7 Å². The molecule has 0 aromatic carbocycles. The fraction of sp³-hybridized carbons (Fsp3) is 0.857. The van der Waals surface area contributed by atoms with Gasteiger partial charge in [0.2, 0.25) is 5.91 Å². The van der Waals surface area contributed by atoms with E-state index in [1.54, 1.807) is 0 Å². The van der Waals surface area contributed by atoms with Gasteiger partial charge in [-0.25, -0.2) is 0 Å². The van der Waals surface area contributed by atoms with Crippen molar-refractivity contribution in [3.05, 3.63) is 0 Å². The van der Waals surface area contributed by atoms with Gasteiger partial charge in [-0.2, -0.15) is 0 Å². The fourth-order valence-corrected chi connectivity index (χ4v) is 3.46. The van der Waals surface area contributed by atoms with Crippen LogP contribution >= 0.6 is 0 Å². The van der Waals surface area contributed by atoms with Crippen LogP contribution in [0.4, 0.5) is 0 Å². The molecular formula is C14H24N2O3. The number of carboxylic acids is 1. The topological polar surface area (TPSA) is 83.6 Å². The first-order chi connectivity index (χ1) is 9.02. The van der Waals surface area contributed by atoms with Crippen molar-refractivity contribution >= 4 is 11.9 Å². The number of carboxylic acid groups (broad SMARTS) is 1. The number of rotatable bonds is 4. The molecule has 108 valence electrons. The second kappa shape index (κ2) is 5.90. The van der Waals surface area contributed by atoms with E-state index in [1.165, 1.54) is 25.7 Å². The number of nitrogens with two attached hydrogens (primary N) is 1. The monoisotopic (exact) mass is 268 g/mol. The van der Waals surface area contributed by atoms with Crippen LogP contribution < -0.4 is 5.73 Å². The average molecular weight is 268 g/mol. The lowest BCUT2D eigenvalue weighted by Crippen LogP contribution is -2.49. The summed E-state index contributed by atoms with van der Waals surface area (Å²) in [5, 5.41) is 8.61. The zero-order chi connectivity index (χ0) is 13.9. The lowest BCUT2D eigenvalue weighted by Gasteiger charge is -2.40. The lowest BCUT2D eigenvalue weighted by atomic mass is 9.77. The Kier molecular flexibility index (Phi) is 4.45. The molecule has 1 saturated heterocycles. The van der Waals surface area contributed by atoms with Gasteiger partial charge in [0.15, 0.2) is 0 Å². The summed E-state index contributed by atoms with van der Waals surface area (Å²) < 4.78 is 0. The van der Waals surface area contributed by atoms with Crippen molar-refractivity contribution in [3.63, 3.8) is 0 Å². The van der Waals surface area contributed by atoms with Gasteiger partial charge in [0.05, 0.1) is 6.04 Å². The molecule has 2 aliphatic rings. The van der Waals surface area contributed by atoms with Crippen LogP contribution in [0.1, 0.15) is 51.4 Å². The van der Waals surface area contributed by atoms with Crippen LogP contribution in [0.25, 0.3) is 0 Å². The molecule has 1 unspecified atom stereocenters. The summed E-state index contributed by atoms with van der Waals surface area (Å²) in [5.41, 5.74) is 6.27. The Hall–Kier alpha value is -1.10. The van der Waals surface area contributed by atoms with Crippen LogP contribution in [-0.2, 0) is 9.59 Å². The highest BCUT2D eigenvalue weighted by atomic mass is 16.4. The van der Waals surface area contributed by atoms with E-state index in [0.717, 1.165) is 25.9 Å². The Morgan fingerprint density at radius 1 is 1.16 bits per heavy atom. The molecule has 0 aromatic heterocycles. The zero-order valence-corrected chi connectivity index (χ0v) is 11.4. The standard InChI is InChI=1S/C14H24N2O3/c15-11(3-4-12(17)18)13(19)16-9-7-14(8-10-16)5-1-2-6-14/h11H,1-10,15H2,(H,17,18). The molecular weight excluding hydrogens is 244 g/mol. The lowest BCUT2D eigenvalue weighted by molar-refractivity contribution is -0.138. The van der Waals surface area contributed by atoms with Crippen LogP contribution in [0.5, 0.6) is 0 Å². The van der Waals surface area contributed by atoms with E-state index in [0.29, 0.717) is 5.41 Å². The summed E-state index contributed by atoms with van der Waals surface area (Å²) >= 11 is 0. The van der Waals surface area contributed by atoms with Crippen LogP contribution in [-0.4, -0.2) is 41.0 Å². The van der Waals surface area contributed by atoms with Gasteiger partial charge in [-0.3, -0.25) is 9.59 Å². The minimum absolute atomic E-state index is 0.0370. The van der Waals surface area contributed by atoms with Gasteiger partial charge in [-0.1, -0.05) is 12.8 Å². The molecule has 19 heavy (non-hydrogen) atoms. The quantitative estimate of drug-likeness (QED) is 0.806. The van der Waals surface area contributed by atoms with Crippen LogP contribution in [0.2, 0.25) is 0 Å². The summed E-state index contributed by atoms with van der Waals surface area (Å²) in [6.45, 7) is 1.58. The SMILES string of the molecule is NC(CCC(=O)O)C(=O)N1CCC2(CCCC2)CC1. The van der Waals surface area contributed by atoms with Gasteiger partial charge in [-0.05, 0) is 37.5 Å². The predicted molar refractivity (Wildman–Crippen MR) is 71.6 cm³/mol. The Morgan fingerprint density at radius 2 is 1.74 bits per heavy atom. The highest BCUT2D eigenvalue weighted by molar-refractivity contribution is 5.82. The maximum absolute atomic E-state index is 12.1. The first-order valence-corrected chi connectivity index (χ1v) is 7.29. The molecule has 5 heteroatoms. The molecule has 1 amide bonds. The maximum atomic E-state index is 12.1. The molecule has 0 radical (unpaired) electrons. The third-order valence-corrected chi connectivity index (χ3v) is 4.79. The fourth-order valence-electron chi connectivity index (χ4n) is 3.46. The van der Waals surface area contributed by atoms with Gasteiger partial charge >= 0.3 is 5.97 Å².